The average Bonchev–Trinajstić information content (AvgIpc) is 3.09. The summed E-state index contributed by atoms with van der Waals surface area (Å²) >= 11 is 3.52. The minimum Gasteiger partial charge on any atom is -0.356 e. The maximum Gasteiger partial charge on any atom is 0.191 e. The zero-order valence-corrected chi connectivity index (χ0v) is 17.9. The number of thiazole rings is 2. The van der Waals surface area contributed by atoms with Gasteiger partial charge in [0.05, 0.1) is 17.2 Å². The number of aryl methyl sites for hydroxylation is 3. The van der Waals surface area contributed by atoms with Crippen molar-refractivity contribution in [1.82, 2.24) is 20.6 Å². The highest BCUT2D eigenvalue weighted by atomic mass is 127. The standard InChI is InChI=1S/C15H23N5S2.HI/c1-5-12-8-18-14(22-12)9-19-15(16-4)17-7-6-13-20-10(2)11(3)21-13;/h8H,5-7,9H2,1-4H3,(H2,16,17,19);1H. The van der Waals surface area contributed by atoms with E-state index in [1.165, 1.54) is 14.8 Å². The number of guanidine groups is 1. The molecule has 2 heterocycles. The molecule has 0 amide bonds. The number of aromatic nitrogens is 2. The Morgan fingerprint density at radius 2 is 2.00 bits per heavy atom. The van der Waals surface area contributed by atoms with Crippen LogP contribution in [-0.4, -0.2) is 29.5 Å². The van der Waals surface area contributed by atoms with Crippen molar-refractivity contribution in [3.8, 4) is 0 Å². The second-order valence-corrected chi connectivity index (χ2v) is 7.41. The van der Waals surface area contributed by atoms with Crippen LogP contribution in [0.25, 0.3) is 0 Å². The third kappa shape index (κ3) is 6.34. The first-order valence-electron chi connectivity index (χ1n) is 7.43. The Hall–Kier alpha value is -0.740. The fourth-order valence-corrected chi connectivity index (χ4v) is 3.64. The molecule has 128 valence electrons. The summed E-state index contributed by atoms with van der Waals surface area (Å²) in [5.74, 6) is 0.804. The van der Waals surface area contributed by atoms with Gasteiger partial charge < -0.3 is 10.6 Å². The van der Waals surface area contributed by atoms with E-state index < -0.39 is 0 Å². The van der Waals surface area contributed by atoms with E-state index in [1.54, 1.807) is 29.7 Å². The maximum atomic E-state index is 4.55. The molecule has 8 heteroatoms. The van der Waals surface area contributed by atoms with Gasteiger partial charge in [-0.1, -0.05) is 6.92 Å². The van der Waals surface area contributed by atoms with Crippen LogP contribution in [-0.2, 0) is 19.4 Å². The highest BCUT2D eigenvalue weighted by molar-refractivity contribution is 14.0. The maximum absolute atomic E-state index is 4.55. The lowest BCUT2D eigenvalue weighted by Crippen LogP contribution is -2.37. The second kappa shape index (κ2) is 10.2. The first kappa shape index (κ1) is 20.3. The van der Waals surface area contributed by atoms with Crippen molar-refractivity contribution in [2.45, 2.75) is 40.2 Å². The largest absolute Gasteiger partial charge is 0.356 e. The summed E-state index contributed by atoms with van der Waals surface area (Å²) in [6.45, 7) is 7.85. The van der Waals surface area contributed by atoms with Gasteiger partial charge in [0.25, 0.3) is 0 Å². The number of halogens is 1. The number of aliphatic imine (C=N–C) groups is 1. The molecule has 2 N–H and O–H groups in total. The van der Waals surface area contributed by atoms with Gasteiger partial charge in [0.1, 0.15) is 5.01 Å². The molecular weight excluding hydrogens is 441 g/mol. The molecule has 0 aliphatic heterocycles. The fourth-order valence-electron chi connectivity index (χ4n) is 1.91. The smallest absolute Gasteiger partial charge is 0.191 e. The molecule has 0 radical (unpaired) electrons. The van der Waals surface area contributed by atoms with Crippen molar-refractivity contribution in [3.63, 3.8) is 0 Å². The molecule has 0 aromatic carbocycles. The van der Waals surface area contributed by atoms with Crippen molar-refractivity contribution in [1.29, 1.82) is 0 Å². The van der Waals surface area contributed by atoms with Crippen LogP contribution in [0.5, 0.6) is 0 Å². The Bertz CT molecular complexity index is 616. The van der Waals surface area contributed by atoms with Crippen LogP contribution < -0.4 is 10.6 Å². The predicted octanol–water partition coefficient (Wildman–Crippen LogP) is 3.30. The Morgan fingerprint density at radius 3 is 2.57 bits per heavy atom. The lowest BCUT2D eigenvalue weighted by molar-refractivity contribution is 0.788. The van der Waals surface area contributed by atoms with Crippen molar-refractivity contribution in [2.24, 2.45) is 4.99 Å². The zero-order valence-electron chi connectivity index (χ0n) is 14.0. The highest BCUT2D eigenvalue weighted by Crippen LogP contribution is 2.16. The molecule has 0 unspecified atom stereocenters. The van der Waals surface area contributed by atoms with E-state index in [9.17, 15) is 0 Å². The van der Waals surface area contributed by atoms with Gasteiger partial charge in [0, 0.05) is 36.0 Å². The molecule has 0 saturated carbocycles. The number of rotatable bonds is 6. The molecule has 5 nitrogen and oxygen atoms in total. The minimum absolute atomic E-state index is 0. The third-order valence-electron chi connectivity index (χ3n) is 3.28. The molecule has 0 bridgehead atoms. The van der Waals surface area contributed by atoms with Gasteiger partial charge >= 0.3 is 0 Å². The molecule has 2 aromatic rings. The van der Waals surface area contributed by atoms with Crippen LogP contribution in [0, 0.1) is 13.8 Å². The van der Waals surface area contributed by atoms with Gasteiger partial charge in [0.15, 0.2) is 5.96 Å². The topological polar surface area (TPSA) is 62.2 Å². The van der Waals surface area contributed by atoms with E-state index in [-0.39, 0.29) is 24.0 Å². The van der Waals surface area contributed by atoms with Crippen LogP contribution >= 0.6 is 46.7 Å². The average molecular weight is 465 g/mol. The quantitative estimate of drug-likeness (QED) is 0.391. The summed E-state index contributed by atoms with van der Waals surface area (Å²) in [7, 11) is 1.78. The van der Waals surface area contributed by atoms with Gasteiger partial charge in [-0.15, -0.1) is 46.7 Å². The van der Waals surface area contributed by atoms with Gasteiger partial charge in [-0.25, -0.2) is 9.97 Å². The van der Waals surface area contributed by atoms with Crippen molar-refractivity contribution in [3.05, 3.63) is 31.7 Å². The third-order valence-corrected chi connectivity index (χ3v) is 5.56. The number of hydrogen-bond acceptors (Lipinski definition) is 5. The van der Waals surface area contributed by atoms with Crippen LogP contribution in [0.2, 0.25) is 0 Å². The first-order valence-corrected chi connectivity index (χ1v) is 9.06. The van der Waals surface area contributed by atoms with Crippen LogP contribution in [0.15, 0.2) is 11.2 Å². The van der Waals surface area contributed by atoms with Gasteiger partial charge in [0.2, 0.25) is 0 Å². The molecule has 0 aliphatic rings. The monoisotopic (exact) mass is 465 g/mol. The fraction of sp³-hybridized carbons (Fsp3) is 0.533. The predicted molar refractivity (Wildman–Crippen MR) is 110 cm³/mol. The van der Waals surface area contributed by atoms with Crippen LogP contribution in [0.4, 0.5) is 0 Å². The Balaban J connectivity index is 0.00000264. The highest BCUT2D eigenvalue weighted by Gasteiger charge is 2.05. The van der Waals surface area contributed by atoms with E-state index in [1.807, 2.05) is 6.20 Å². The Labute approximate surface area is 163 Å². The molecule has 23 heavy (non-hydrogen) atoms. The lowest BCUT2D eigenvalue weighted by Gasteiger charge is -2.09. The molecule has 0 aliphatic carbocycles. The van der Waals surface area contributed by atoms with E-state index in [0.717, 1.165) is 36.0 Å². The number of nitrogens with zero attached hydrogens (tertiary/aromatic N) is 3. The van der Waals surface area contributed by atoms with E-state index in [2.05, 4.69) is 46.4 Å². The van der Waals surface area contributed by atoms with Crippen molar-refractivity contribution >= 4 is 52.6 Å². The van der Waals surface area contributed by atoms with Crippen molar-refractivity contribution < 1.29 is 0 Å². The number of nitrogens with one attached hydrogen (secondary N) is 2. The molecule has 2 aromatic heterocycles. The SMILES string of the molecule is CCc1cnc(CNC(=NC)NCCc2nc(C)c(C)s2)s1.I. The number of hydrogen-bond donors (Lipinski definition) is 2. The minimum atomic E-state index is 0. The molecule has 0 saturated heterocycles. The summed E-state index contributed by atoms with van der Waals surface area (Å²) in [6, 6.07) is 0. The first-order chi connectivity index (χ1) is 10.6. The van der Waals surface area contributed by atoms with Gasteiger partial charge in [-0.3, -0.25) is 4.99 Å². The molecule has 0 atom stereocenters. The zero-order chi connectivity index (χ0) is 15.9. The lowest BCUT2D eigenvalue weighted by atomic mass is 10.4. The molecule has 0 fully saturated rings. The molecule has 2 rings (SSSR count). The van der Waals surface area contributed by atoms with Gasteiger partial charge in [-0.05, 0) is 20.3 Å². The van der Waals surface area contributed by atoms with Gasteiger partial charge in [-0.2, -0.15) is 0 Å². The van der Waals surface area contributed by atoms with E-state index >= 15 is 0 Å². The Morgan fingerprint density at radius 1 is 1.22 bits per heavy atom. The van der Waals surface area contributed by atoms with Crippen molar-refractivity contribution in [2.75, 3.05) is 13.6 Å². The second-order valence-electron chi connectivity index (χ2n) is 4.93. The van der Waals surface area contributed by atoms with E-state index in [4.69, 9.17) is 0 Å². The summed E-state index contributed by atoms with van der Waals surface area (Å²) in [5.41, 5.74) is 1.14. The summed E-state index contributed by atoms with van der Waals surface area (Å²) < 4.78 is 0. The summed E-state index contributed by atoms with van der Waals surface area (Å²) in [5, 5.41) is 8.88. The molecule has 0 spiro atoms. The summed E-state index contributed by atoms with van der Waals surface area (Å²) in [4.78, 5) is 15.8. The van der Waals surface area contributed by atoms with E-state index in [0.29, 0.717) is 6.54 Å². The Kier molecular flexibility index (Phi) is 9.00. The normalized spacial score (nSPS) is 11.2. The van der Waals surface area contributed by atoms with Crippen LogP contribution in [0.1, 0.15) is 32.4 Å². The van der Waals surface area contributed by atoms with Crippen LogP contribution in [0.3, 0.4) is 0 Å². The molecular formula is C15H24IN5S2. The summed E-state index contributed by atoms with van der Waals surface area (Å²) in [6.07, 6.45) is 3.90.